The number of nitrogens with one attached hydrogen (secondary N) is 1. The summed E-state index contributed by atoms with van der Waals surface area (Å²) in [4.78, 5) is 16.3. The first kappa shape index (κ1) is 13.5. The topological polar surface area (TPSA) is 67.2 Å². The molecule has 0 aliphatic heterocycles. The molecule has 0 amide bonds. The van der Waals surface area contributed by atoms with E-state index < -0.39 is 5.97 Å². The van der Waals surface area contributed by atoms with Crippen molar-refractivity contribution < 1.29 is 9.90 Å². The highest BCUT2D eigenvalue weighted by molar-refractivity contribution is 7.98. The van der Waals surface area contributed by atoms with E-state index in [2.05, 4.69) is 10.3 Å². The molecule has 19 heavy (non-hydrogen) atoms. The normalized spacial score (nSPS) is 10.4. The maximum Gasteiger partial charge on any atom is 0.338 e. The van der Waals surface area contributed by atoms with Crippen molar-refractivity contribution in [2.45, 2.75) is 11.4 Å². The van der Waals surface area contributed by atoms with E-state index in [4.69, 9.17) is 0 Å². The van der Waals surface area contributed by atoms with Crippen LogP contribution in [0.2, 0.25) is 0 Å². The molecular weight excluding hydrogens is 262 g/mol. The lowest BCUT2D eigenvalue weighted by atomic mass is 10.1. The Kier molecular flexibility index (Phi) is 4.11. The summed E-state index contributed by atoms with van der Waals surface area (Å²) in [6.45, 7) is 0.488. The van der Waals surface area contributed by atoms with E-state index in [-0.39, 0.29) is 0 Å². The van der Waals surface area contributed by atoms with Crippen molar-refractivity contribution >= 4 is 23.4 Å². The van der Waals surface area contributed by atoms with Gasteiger partial charge in [0, 0.05) is 24.3 Å². The van der Waals surface area contributed by atoms with Gasteiger partial charge in [-0.3, -0.25) is 0 Å². The molecule has 2 aromatic rings. The van der Waals surface area contributed by atoms with E-state index in [1.807, 2.05) is 30.1 Å². The number of carbonyl (C=O) groups is 1. The lowest BCUT2D eigenvalue weighted by Gasteiger charge is -2.12. The van der Waals surface area contributed by atoms with Crippen LogP contribution < -0.4 is 5.32 Å². The first-order valence-electron chi connectivity index (χ1n) is 5.74. The van der Waals surface area contributed by atoms with E-state index in [9.17, 15) is 9.90 Å². The Hall–Kier alpha value is -1.95. The third-order valence-electron chi connectivity index (χ3n) is 2.82. The second-order valence-electron chi connectivity index (χ2n) is 4.00. The first-order valence-corrected chi connectivity index (χ1v) is 6.96. The van der Waals surface area contributed by atoms with Crippen LogP contribution in [0.25, 0.3) is 0 Å². The summed E-state index contributed by atoms with van der Waals surface area (Å²) in [7, 11) is 1.90. The molecule has 0 unspecified atom stereocenters. The fourth-order valence-corrected chi connectivity index (χ4v) is 2.43. The molecule has 0 saturated heterocycles. The highest BCUT2D eigenvalue weighted by Gasteiger charge is 2.15. The summed E-state index contributed by atoms with van der Waals surface area (Å²) in [5.74, 6) is -0.0711. The summed E-state index contributed by atoms with van der Waals surface area (Å²) in [6.07, 6.45) is 5.44. The van der Waals surface area contributed by atoms with Gasteiger partial charge in [-0.05, 0) is 18.4 Å². The second-order valence-corrected chi connectivity index (χ2v) is 4.84. The molecule has 0 aliphatic rings. The monoisotopic (exact) mass is 277 g/mol. The van der Waals surface area contributed by atoms with Crippen LogP contribution in [-0.2, 0) is 13.6 Å². The Morgan fingerprint density at radius 2 is 2.32 bits per heavy atom. The molecule has 0 bridgehead atoms. The van der Waals surface area contributed by atoms with Gasteiger partial charge in [0.1, 0.15) is 5.82 Å². The number of aromatic carboxylic acids is 1. The van der Waals surface area contributed by atoms with Crippen LogP contribution in [0.1, 0.15) is 16.2 Å². The van der Waals surface area contributed by atoms with E-state index in [0.29, 0.717) is 17.8 Å². The highest BCUT2D eigenvalue weighted by atomic mass is 32.2. The van der Waals surface area contributed by atoms with Crippen LogP contribution >= 0.6 is 11.8 Å². The number of benzene rings is 1. The maximum absolute atomic E-state index is 11.4. The number of nitrogens with zero attached hydrogens (tertiary/aromatic N) is 2. The molecule has 2 rings (SSSR count). The number of aryl methyl sites for hydroxylation is 1. The molecule has 6 heteroatoms. The summed E-state index contributed by atoms with van der Waals surface area (Å²) in [6, 6.07) is 5.42. The van der Waals surface area contributed by atoms with Gasteiger partial charge in [-0.25, -0.2) is 9.78 Å². The average molecular weight is 277 g/mol. The second kappa shape index (κ2) is 5.79. The van der Waals surface area contributed by atoms with Crippen LogP contribution in [0, 0.1) is 0 Å². The van der Waals surface area contributed by atoms with Gasteiger partial charge in [-0.2, -0.15) is 0 Å². The smallest absolute Gasteiger partial charge is 0.338 e. The third kappa shape index (κ3) is 2.90. The predicted molar refractivity (Wildman–Crippen MR) is 75.7 cm³/mol. The Morgan fingerprint density at radius 3 is 2.89 bits per heavy atom. The zero-order valence-corrected chi connectivity index (χ0v) is 11.6. The highest BCUT2D eigenvalue weighted by Crippen LogP contribution is 2.27. The van der Waals surface area contributed by atoms with Gasteiger partial charge in [0.15, 0.2) is 0 Å². The summed E-state index contributed by atoms with van der Waals surface area (Å²) in [5.41, 5.74) is 0.923. The van der Waals surface area contributed by atoms with Crippen molar-refractivity contribution in [1.82, 2.24) is 9.55 Å². The molecular formula is C13H15N3O2S. The lowest BCUT2D eigenvalue weighted by molar-refractivity contribution is 0.0694. The molecule has 2 N–H and O–H groups in total. The van der Waals surface area contributed by atoms with Crippen molar-refractivity contribution in [3.63, 3.8) is 0 Å². The zero-order chi connectivity index (χ0) is 13.8. The number of hydrogen-bond donors (Lipinski definition) is 2. The summed E-state index contributed by atoms with van der Waals surface area (Å²) >= 11 is 1.42. The van der Waals surface area contributed by atoms with Crippen molar-refractivity contribution in [2.75, 3.05) is 11.6 Å². The molecule has 1 aromatic carbocycles. The lowest BCUT2D eigenvalue weighted by Crippen LogP contribution is -2.10. The molecule has 5 nitrogen and oxygen atoms in total. The van der Waals surface area contributed by atoms with Crippen molar-refractivity contribution in [3.8, 4) is 0 Å². The van der Waals surface area contributed by atoms with Gasteiger partial charge in [-0.15, -0.1) is 11.8 Å². The Labute approximate surface area is 115 Å². The minimum absolute atomic E-state index is 0.309. The largest absolute Gasteiger partial charge is 0.478 e. The first-order chi connectivity index (χ1) is 9.13. The Bertz CT molecular complexity index is 595. The standard InChI is InChI=1S/C13H15N3O2S/c1-16-7-6-14-11(16)8-15-9-4-3-5-10(19-2)12(9)13(17)18/h3-7,15H,8H2,1-2H3,(H,17,18). The van der Waals surface area contributed by atoms with Crippen LogP contribution in [0.15, 0.2) is 35.5 Å². The number of rotatable bonds is 5. The molecule has 0 aliphatic carbocycles. The number of carboxylic acid groups (broad SMARTS) is 1. The van der Waals surface area contributed by atoms with Gasteiger partial charge < -0.3 is 15.0 Å². The van der Waals surface area contributed by atoms with Crippen LogP contribution in [0.3, 0.4) is 0 Å². The Balaban J connectivity index is 2.25. The number of carboxylic acids is 1. The molecule has 1 heterocycles. The number of imidazole rings is 1. The zero-order valence-electron chi connectivity index (χ0n) is 10.8. The number of aromatic nitrogens is 2. The SMILES string of the molecule is CSc1cccc(NCc2nccn2C)c1C(=O)O. The van der Waals surface area contributed by atoms with Gasteiger partial charge in [-0.1, -0.05) is 6.07 Å². The van der Waals surface area contributed by atoms with Gasteiger partial charge in [0.2, 0.25) is 0 Å². The molecule has 1 aromatic heterocycles. The number of thioether (sulfide) groups is 1. The molecule has 0 atom stereocenters. The number of anilines is 1. The quantitative estimate of drug-likeness (QED) is 0.822. The third-order valence-corrected chi connectivity index (χ3v) is 3.60. The Morgan fingerprint density at radius 1 is 1.53 bits per heavy atom. The van der Waals surface area contributed by atoms with Gasteiger partial charge in [0.05, 0.1) is 17.8 Å². The minimum atomic E-state index is -0.924. The van der Waals surface area contributed by atoms with Crippen LogP contribution in [0.5, 0.6) is 0 Å². The van der Waals surface area contributed by atoms with E-state index in [0.717, 1.165) is 10.7 Å². The molecule has 0 spiro atoms. The predicted octanol–water partition coefficient (Wildman–Crippen LogP) is 2.45. The van der Waals surface area contributed by atoms with Crippen molar-refractivity contribution in [1.29, 1.82) is 0 Å². The van der Waals surface area contributed by atoms with Gasteiger partial charge >= 0.3 is 5.97 Å². The number of hydrogen-bond acceptors (Lipinski definition) is 4. The minimum Gasteiger partial charge on any atom is -0.478 e. The average Bonchev–Trinajstić information content (AvgIpc) is 2.81. The maximum atomic E-state index is 11.4. The fraction of sp³-hybridized carbons (Fsp3) is 0.231. The van der Waals surface area contributed by atoms with E-state index in [1.54, 1.807) is 18.3 Å². The van der Waals surface area contributed by atoms with E-state index in [1.165, 1.54) is 11.8 Å². The summed E-state index contributed by atoms with van der Waals surface area (Å²) in [5, 5.41) is 12.5. The van der Waals surface area contributed by atoms with E-state index >= 15 is 0 Å². The molecule has 100 valence electrons. The van der Waals surface area contributed by atoms with Crippen LogP contribution in [0.4, 0.5) is 5.69 Å². The van der Waals surface area contributed by atoms with Crippen LogP contribution in [-0.4, -0.2) is 26.9 Å². The van der Waals surface area contributed by atoms with Gasteiger partial charge in [0.25, 0.3) is 0 Å². The molecule has 0 saturated carbocycles. The molecule has 0 fully saturated rings. The summed E-state index contributed by atoms with van der Waals surface area (Å²) < 4.78 is 1.89. The molecule has 0 radical (unpaired) electrons. The fourth-order valence-electron chi connectivity index (χ4n) is 1.81. The van der Waals surface area contributed by atoms with Crippen molar-refractivity contribution in [3.05, 3.63) is 42.0 Å². The van der Waals surface area contributed by atoms with Crippen molar-refractivity contribution in [2.24, 2.45) is 7.05 Å².